The van der Waals surface area contributed by atoms with Gasteiger partial charge in [-0.3, -0.25) is 33.9 Å². The van der Waals surface area contributed by atoms with Crippen LogP contribution in [0, 0.1) is 11.6 Å². The third kappa shape index (κ3) is 9.63. The van der Waals surface area contributed by atoms with E-state index >= 15 is 8.78 Å². The number of pyridine rings is 1. The summed E-state index contributed by atoms with van der Waals surface area (Å²) in [4.78, 5) is 59.0. The Balaban J connectivity index is 0.682. The fourth-order valence-corrected chi connectivity index (χ4v) is 13.5. The number of aromatic hydroxyl groups is 1. The molecule has 4 aromatic carbocycles. The quantitative estimate of drug-likeness (QED) is 0.0888. The van der Waals surface area contributed by atoms with Crippen molar-refractivity contribution in [3.63, 3.8) is 0 Å². The number of imide groups is 1. The molecule has 0 radical (unpaired) electrons. The lowest BCUT2D eigenvalue weighted by molar-refractivity contribution is -0.135. The number of phenols is 1. The Labute approximate surface area is 451 Å². The Kier molecular flexibility index (Phi) is 13.7. The number of phenolic OH excluding ortho intramolecular Hbond substituents is 1. The molecule has 7 aromatic rings. The lowest BCUT2D eigenvalue weighted by atomic mass is 9.89. The number of fused-ring (bicyclic) bond motifs is 4. The predicted molar refractivity (Wildman–Crippen MR) is 293 cm³/mol. The highest BCUT2D eigenvalue weighted by Crippen LogP contribution is 2.44. The summed E-state index contributed by atoms with van der Waals surface area (Å²) < 4.78 is 48.7. The van der Waals surface area contributed by atoms with Gasteiger partial charge in [0.25, 0.3) is 0 Å². The molecule has 18 heteroatoms. The first-order chi connectivity index (χ1) is 37.7. The maximum Gasteiger partial charge on any atom is 0.329 e. The number of aliphatic hydroxyl groups is 1. The molecule has 0 saturated carbocycles. The van der Waals surface area contributed by atoms with Crippen molar-refractivity contribution in [3.8, 4) is 28.8 Å². The zero-order chi connectivity index (χ0) is 54.0. The molecule has 0 bridgehead atoms. The van der Waals surface area contributed by atoms with Crippen molar-refractivity contribution in [1.29, 1.82) is 0 Å². The number of hydrogen-bond acceptors (Lipinski definition) is 13. The molecule has 3 aromatic heterocycles. The molecule has 4 atom stereocenters. The average Bonchev–Trinajstić information content (AvgIpc) is 4.25. The molecule has 3 N–H and O–H groups in total. The van der Waals surface area contributed by atoms with Crippen molar-refractivity contribution in [1.82, 2.24) is 39.2 Å². The van der Waals surface area contributed by atoms with E-state index in [1.807, 2.05) is 17.9 Å². The molecule has 16 nitrogen and oxygen atoms in total. The monoisotopic (exact) mass is 1060 g/mol. The number of carbonyl (C=O) groups is 2. The normalized spacial score (nSPS) is 23.4. The Morgan fingerprint density at radius 3 is 2.46 bits per heavy atom. The van der Waals surface area contributed by atoms with E-state index in [-0.39, 0.29) is 64.7 Å². The van der Waals surface area contributed by atoms with Crippen molar-refractivity contribution in [2.24, 2.45) is 7.05 Å². The summed E-state index contributed by atoms with van der Waals surface area (Å²) in [6.45, 7) is 9.13. The molecule has 5 saturated heterocycles. The van der Waals surface area contributed by atoms with Crippen LogP contribution in [0.3, 0.4) is 0 Å². The summed E-state index contributed by atoms with van der Waals surface area (Å²) in [5.74, 6) is -0.371. The summed E-state index contributed by atoms with van der Waals surface area (Å²) in [6.07, 6.45) is 10.4. The topological polar surface area (TPSA) is 180 Å². The highest BCUT2D eigenvalue weighted by Gasteiger charge is 2.50. The van der Waals surface area contributed by atoms with E-state index in [2.05, 4.69) is 56.5 Å². The smallest absolute Gasteiger partial charge is 0.329 e. The van der Waals surface area contributed by atoms with Gasteiger partial charge in [0.05, 0.1) is 27.6 Å². The number of aryl methyl sites for hydroxylation is 2. The van der Waals surface area contributed by atoms with Gasteiger partial charge in [0.1, 0.15) is 53.6 Å². The summed E-state index contributed by atoms with van der Waals surface area (Å²) in [5.41, 5.74) is 3.02. The molecular weight excluding hydrogens is 997 g/mol. The van der Waals surface area contributed by atoms with Gasteiger partial charge in [-0.05, 0) is 173 Å². The minimum Gasteiger partial charge on any atom is -0.508 e. The number of carbonyl (C=O) groups excluding carboxylic acids is 2. The number of aromatic nitrogens is 5. The van der Waals surface area contributed by atoms with Crippen LogP contribution >= 0.6 is 0 Å². The zero-order valence-electron chi connectivity index (χ0n) is 44.6. The molecule has 8 heterocycles. The number of benzene rings is 4. The molecule has 0 aliphatic carbocycles. The van der Waals surface area contributed by atoms with Crippen molar-refractivity contribution in [3.05, 3.63) is 112 Å². The van der Waals surface area contributed by atoms with Crippen LogP contribution in [0.5, 0.6) is 17.5 Å². The van der Waals surface area contributed by atoms with Crippen LogP contribution in [0.15, 0.2) is 77.7 Å². The second-order valence-electron chi connectivity index (χ2n) is 22.8. The maximum atomic E-state index is 17.3. The van der Waals surface area contributed by atoms with Gasteiger partial charge in [0.15, 0.2) is 5.82 Å². The fraction of sp³-hybridized carbons (Fsp3) is 0.467. The molecule has 5 aliphatic rings. The maximum absolute atomic E-state index is 17.3. The van der Waals surface area contributed by atoms with E-state index < -0.39 is 29.2 Å². The van der Waals surface area contributed by atoms with Gasteiger partial charge in [-0.15, -0.1) is 0 Å². The van der Waals surface area contributed by atoms with Crippen LogP contribution in [0.25, 0.3) is 44.0 Å². The third-order valence-corrected chi connectivity index (χ3v) is 17.7. The van der Waals surface area contributed by atoms with Crippen molar-refractivity contribution < 1.29 is 38.1 Å². The lowest BCUT2D eigenvalue weighted by Crippen LogP contribution is -2.48. The second kappa shape index (κ2) is 20.7. The van der Waals surface area contributed by atoms with Crippen LogP contribution in [-0.4, -0.2) is 126 Å². The zero-order valence-corrected chi connectivity index (χ0v) is 44.6. The molecular formula is C60H67F2N9O7. The SMILES string of the molecule is CCc1c(F)ccc2cc(O)cc(-c3ncc4c(N5CCC[C@@](C)(O)C5)nc(OC[C@@]56CCCN5[C@H](COc5ccc(CCN7CCC(c8ccc9c(c8)n(C)c(=O)n9C8CCC(=O)NC8=O)CC7)cc5)CC6)nc4c3F)c12. The average molecular weight is 1060 g/mol. The standard InChI is InChI=1S/C60H67F2N9O7/c1-4-43-46(61)13-9-39-29-41(72)31-44(51(39)43)53-52(62)54-45(32-63-53)55(69-24-5-21-59(2,76)34-69)66-57(65-54)78-35-60-22-6-25-70(60)40(17-23-60)33-77-42-11-7-36(8-12-42)18-26-68-27-19-37(20-28-68)38-10-14-47-49(30-38)67(3)58(75)71(47)48-15-16-50(73)64-56(48)74/h7-14,29-32,37,40,48,72,76H,4-6,15-28,33-35H2,1-3H3,(H,64,73,74)/t40-,48?,59+,60-/m0/s1. The molecule has 78 heavy (non-hydrogen) atoms. The van der Waals surface area contributed by atoms with Gasteiger partial charge in [-0.25, -0.2) is 13.6 Å². The van der Waals surface area contributed by atoms with Gasteiger partial charge in [0.2, 0.25) is 11.8 Å². The third-order valence-electron chi connectivity index (χ3n) is 17.7. The first kappa shape index (κ1) is 51.7. The van der Waals surface area contributed by atoms with E-state index in [1.165, 1.54) is 40.1 Å². The highest BCUT2D eigenvalue weighted by atomic mass is 19.1. The Morgan fingerprint density at radius 1 is 0.872 bits per heavy atom. The first-order valence-electron chi connectivity index (χ1n) is 27.8. The Bertz CT molecular complexity index is 3540. The van der Waals surface area contributed by atoms with Gasteiger partial charge in [0, 0.05) is 50.9 Å². The summed E-state index contributed by atoms with van der Waals surface area (Å²) in [5, 5.41) is 25.7. The molecule has 2 amide bonds. The van der Waals surface area contributed by atoms with Crippen LogP contribution in [0.2, 0.25) is 0 Å². The second-order valence-corrected chi connectivity index (χ2v) is 22.8. The number of hydrogen-bond donors (Lipinski definition) is 3. The van der Waals surface area contributed by atoms with Gasteiger partial charge in [-0.1, -0.05) is 31.2 Å². The van der Waals surface area contributed by atoms with Crippen molar-refractivity contribution >= 4 is 50.3 Å². The van der Waals surface area contributed by atoms with Crippen LogP contribution < -0.4 is 25.4 Å². The largest absolute Gasteiger partial charge is 0.508 e. The molecule has 5 fully saturated rings. The highest BCUT2D eigenvalue weighted by molar-refractivity contribution is 6.02. The molecule has 12 rings (SSSR count). The Hall–Kier alpha value is -7.02. The van der Waals surface area contributed by atoms with E-state index in [0.717, 1.165) is 82.4 Å². The lowest BCUT2D eigenvalue weighted by Gasteiger charge is -2.38. The number of rotatable bonds is 14. The number of amides is 2. The number of nitrogens with one attached hydrogen (secondary N) is 1. The van der Waals surface area contributed by atoms with Crippen LogP contribution in [-0.2, 0) is 29.5 Å². The van der Waals surface area contributed by atoms with Crippen molar-refractivity contribution in [2.45, 2.75) is 120 Å². The minimum atomic E-state index is -0.985. The summed E-state index contributed by atoms with van der Waals surface area (Å²) in [6, 6.07) is 20.0. The van der Waals surface area contributed by atoms with Gasteiger partial charge < -0.3 is 29.5 Å². The first-order valence-corrected chi connectivity index (χ1v) is 27.8. The van der Waals surface area contributed by atoms with E-state index in [9.17, 15) is 24.6 Å². The van der Waals surface area contributed by atoms with Gasteiger partial charge >= 0.3 is 11.7 Å². The van der Waals surface area contributed by atoms with Crippen LogP contribution in [0.4, 0.5) is 14.6 Å². The predicted octanol–water partition coefficient (Wildman–Crippen LogP) is 8.25. The molecule has 0 spiro atoms. The number of ether oxygens (including phenoxy) is 2. The van der Waals surface area contributed by atoms with E-state index in [4.69, 9.17) is 19.4 Å². The van der Waals surface area contributed by atoms with E-state index in [1.54, 1.807) is 24.6 Å². The van der Waals surface area contributed by atoms with Crippen molar-refractivity contribution in [2.75, 3.05) is 57.4 Å². The van der Waals surface area contributed by atoms with Crippen LogP contribution in [0.1, 0.15) is 107 Å². The minimum absolute atomic E-state index is 0.00810. The van der Waals surface area contributed by atoms with E-state index in [0.29, 0.717) is 84.4 Å². The number of piperidine rings is 3. The number of anilines is 1. The Morgan fingerprint density at radius 2 is 1.68 bits per heavy atom. The fourth-order valence-electron chi connectivity index (χ4n) is 13.5. The molecule has 1 unspecified atom stereocenters. The molecule has 408 valence electrons. The summed E-state index contributed by atoms with van der Waals surface area (Å²) >= 11 is 0. The summed E-state index contributed by atoms with van der Waals surface area (Å²) in [7, 11) is 1.74. The number of imidazole rings is 1. The van der Waals surface area contributed by atoms with Gasteiger partial charge in [-0.2, -0.15) is 9.97 Å². The number of likely N-dealkylation sites (tertiary alicyclic amines) is 1. The number of halogens is 2. The number of nitrogens with zero attached hydrogens (tertiary/aromatic N) is 8. The molecule has 5 aliphatic heterocycles. The number of β-amino-alcohol motifs (C(OH)–C–C–N with tert-alkyl or cyclic N) is 1.